The highest BCUT2D eigenvalue weighted by atomic mass is 19.1. The van der Waals surface area contributed by atoms with Crippen molar-refractivity contribution in [1.29, 1.82) is 0 Å². The van der Waals surface area contributed by atoms with E-state index in [-0.39, 0.29) is 42.3 Å². The van der Waals surface area contributed by atoms with Crippen LogP contribution < -0.4 is 10.6 Å². The molecular weight excluding hydrogens is 574 g/mol. The summed E-state index contributed by atoms with van der Waals surface area (Å²) in [5, 5.41) is 5.19. The minimum Gasteiger partial charge on any atom is -0.490 e. The van der Waals surface area contributed by atoms with E-state index in [4.69, 9.17) is 9.72 Å². The second kappa shape index (κ2) is 14.7. The molecule has 2 aromatic rings. The second-order valence-corrected chi connectivity index (χ2v) is 12.3. The molecule has 1 unspecified atom stereocenters. The van der Waals surface area contributed by atoms with Crippen molar-refractivity contribution in [1.82, 2.24) is 20.5 Å². The molecule has 244 valence electrons. The summed E-state index contributed by atoms with van der Waals surface area (Å²) >= 11 is 0. The Morgan fingerprint density at radius 3 is 2.47 bits per heavy atom. The number of aromatic nitrogens is 1. The van der Waals surface area contributed by atoms with Gasteiger partial charge in [-0.1, -0.05) is 53.3 Å². The molecule has 2 saturated heterocycles. The number of likely N-dealkylation sites (tertiary alicyclic amines) is 1. The van der Waals surface area contributed by atoms with Crippen LogP contribution in [0.1, 0.15) is 107 Å². The number of ether oxygens (including phenoxy) is 1. The van der Waals surface area contributed by atoms with Gasteiger partial charge < -0.3 is 15.0 Å². The number of carbonyl (C=O) groups excluding carboxylic acids is 2. The Hall–Kier alpha value is -3.59. The number of rotatable bonds is 10. The molecule has 0 spiro atoms. The van der Waals surface area contributed by atoms with Crippen molar-refractivity contribution in [3.05, 3.63) is 75.8 Å². The molecular formula is C36H48F2N4O3. The molecule has 45 heavy (non-hydrogen) atoms. The number of pyridine rings is 1. The van der Waals surface area contributed by atoms with Crippen molar-refractivity contribution < 1.29 is 23.1 Å². The van der Waals surface area contributed by atoms with Gasteiger partial charge in [0.15, 0.2) is 5.54 Å². The summed E-state index contributed by atoms with van der Waals surface area (Å²) < 4.78 is 36.5. The second-order valence-electron chi connectivity index (χ2n) is 12.3. The predicted molar refractivity (Wildman–Crippen MR) is 174 cm³/mol. The van der Waals surface area contributed by atoms with E-state index < -0.39 is 17.5 Å². The van der Waals surface area contributed by atoms with Gasteiger partial charge in [0.05, 0.1) is 11.4 Å². The van der Waals surface area contributed by atoms with E-state index in [2.05, 4.69) is 29.0 Å². The number of fused-ring (bicyclic) bond motifs is 1. The quantitative estimate of drug-likeness (QED) is 0.272. The summed E-state index contributed by atoms with van der Waals surface area (Å²) in [6.07, 6.45) is 5.67. The Balaban J connectivity index is 0.00000226. The zero-order valence-electron chi connectivity index (χ0n) is 27.6. The standard InChI is InChI=1S/C34H42F2N4O3.C2H6/c1-6-12-40-13-10-23(11-14-40)31-26(35)16-25-19-43-28(17-27(25)37-31)34(32(41)38-33(42)39-34)18-21(5)15-24-9-8-22(7-2)30(36)29(24)20(3)4;1-2/h8-9,16-17,21,23H,3,6-7,10-15,18-19H2,1-2,4-5H3,(H2,38,39,41,42);1-2H3/t21?,34-;/m0./s1. The molecule has 2 fully saturated rings. The van der Waals surface area contributed by atoms with E-state index in [9.17, 15) is 9.59 Å². The van der Waals surface area contributed by atoms with Crippen LogP contribution in [0.4, 0.5) is 13.6 Å². The third kappa shape index (κ3) is 7.13. The van der Waals surface area contributed by atoms with Crippen LogP contribution in [0.3, 0.4) is 0 Å². The molecule has 5 rings (SSSR count). The first-order valence-corrected chi connectivity index (χ1v) is 16.4. The molecule has 1 aromatic heterocycles. The summed E-state index contributed by atoms with van der Waals surface area (Å²) in [6.45, 7) is 18.7. The molecule has 1 aromatic carbocycles. The van der Waals surface area contributed by atoms with E-state index in [0.717, 1.165) is 44.5 Å². The first kappa shape index (κ1) is 34.3. The lowest BCUT2D eigenvalue weighted by Crippen LogP contribution is -2.51. The van der Waals surface area contributed by atoms with Gasteiger partial charge in [0, 0.05) is 23.1 Å². The molecule has 4 heterocycles. The van der Waals surface area contributed by atoms with Gasteiger partial charge in [0.25, 0.3) is 5.91 Å². The summed E-state index contributed by atoms with van der Waals surface area (Å²) in [5.41, 5.74) is 2.68. The average Bonchev–Trinajstić information content (AvgIpc) is 3.30. The number of hydrogen-bond donors (Lipinski definition) is 2. The number of benzene rings is 1. The predicted octanol–water partition coefficient (Wildman–Crippen LogP) is 7.29. The summed E-state index contributed by atoms with van der Waals surface area (Å²) in [4.78, 5) is 33.0. The fourth-order valence-electron chi connectivity index (χ4n) is 6.84. The van der Waals surface area contributed by atoms with Gasteiger partial charge in [-0.25, -0.2) is 18.6 Å². The van der Waals surface area contributed by atoms with E-state index in [0.29, 0.717) is 46.5 Å². The van der Waals surface area contributed by atoms with Crippen LogP contribution in [0.25, 0.3) is 11.6 Å². The molecule has 3 aliphatic rings. The maximum atomic E-state index is 15.3. The molecule has 2 atom stereocenters. The summed E-state index contributed by atoms with van der Waals surface area (Å²) in [7, 11) is 0. The Morgan fingerprint density at radius 2 is 1.87 bits per heavy atom. The van der Waals surface area contributed by atoms with Crippen molar-refractivity contribution in [2.75, 3.05) is 19.6 Å². The van der Waals surface area contributed by atoms with Gasteiger partial charge in [-0.05, 0) is 93.8 Å². The Labute approximate surface area is 266 Å². The third-order valence-corrected chi connectivity index (χ3v) is 8.98. The molecule has 7 nitrogen and oxygen atoms in total. The fourth-order valence-corrected chi connectivity index (χ4v) is 6.84. The van der Waals surface area contributed by atoms with Crippen LogP contribution in [-0.4, -0.2) is 47.0 Å². The highest BCUT2D eigenvalue weighted by molar-refractivity contribution is 6.09. The molecule has 9 heteroatoms. The molecule has 0 radical (unpaired) electrons. The number of hydrogen-bond acceptors (Lipinski definition) is 5. The number of nitrogens with zero attached hydrogens (tertiary/aromatic N) is 2. The third-order valence-electron chi connectivity index (χ3n) is 8.98. The Kier molecular flexibility index (Phi) is 11.2. The number of allylic oxidation sites excluding steroid dienone is 1. The number of carbonyl (C=O) groups is 2. The van der Waals surface area contributed by atoms with Crippen LogP contribution in [-0.2, 0) is 29.0 Å². The van der Waals surface area contributed by atoms with Crippen LogP contribution >= 0.6 is 0 Å². The highest BCUT2D eigenvalue weighted by Gasteiger charge is 2.52. The van der Waals surface area contributed by atoms with Gasteiger partial charge in [-0.2, -0.15) is 0 Å². The normalized spacial score (nSPS) is 20.7. The molecule has 0 bridgehead atoms. The van der Waals surface area contributed by atoms with Gasteiger partial charge in [-0.3, -0.25) is 10.1 Å². The monoisotopic (exact) mass is 622 g/mol. The van der Waals surface area contributed by atoms with E-state index >= 15 is 8.78 Å². The fraction of sp³-hybridized carbons (Fsp3) is 0.528. The minimum atomic E-state index is -1.47. The average molecular weight is 623 g/mol. The smallest absolute Gasteiger partial charge is 0.322 e. The minimum absolute atomic E-state index is 0.0172. The van der Waals surface area contributed by atoms with Crippen LogP contribution in [0.2, 0.25) is 0 Å². The Morgan fingerprint density at radius 1 is 1.18 bits per heavy atom. The van der Waals surface area contributed by atoms with E-state index in [1.165, 1.54) is 6.07 Å². The SMILES string of the molecule is C=C(C)c1c(CC(C)C[C@@]2(C3=Cc4nc(C5CCN(CCC)CC5)c(F)cc4CO3)NC(=O)NC2=O)ccc(CC)c1F.CC. The number of imide groups is 1. The number of nitrogens with one attached hydrogen (secondary N) is 2. The topological polar surface area (TPSA) is 83.6 Å². The van der Waals surface area contributed by atoms with Crippen molar-refractivity contribution >= 4 is 23.6 Å². The van der Waals surface area contributed by atoms with Crippen LogP contribution in [0.15, 0.2) is 30.5 Å². The van der Waals surface area contributed by atoms with Gasteiger partial charge in [0.1, 0.15) is 24.0 Å². The number of amides is 3. The van der Waals surface area contributed by atoms with E-state index in [1.807, 2.05) is 33.8 Å². The lowest BCUT2D eigenvalue weighted by Gasteiger charge is -2.34. The van der Waals surface area contributed by atoms with Crippen molar-refractivity contribution in [2.45, 2.75) is 98.1 Å². The lowest BCUT2D eigenvalue weighted by molar-refractivity contribution is -0.124. The van der Waals surface area contributed by atoms with E-state index in [1.54, 1.807) is 19.1 Å². The summed E-state index contributed by atoms with van der Waals surface area (Å²) in [6, 6.07) is 4.59. The number of aryl methyl sites for hydroxylation is 1. The number of halogens is 2. The molecule has 2 N–H and O–H groups in total. The van der Waals surface area contributed by atoms with Gasteiger partial charge >= 0.3 is 6.03 Å². The van der Waals surface area contributed by atoms with Crippen molar-refractivity contribution in [3.63, 3.8) is 0 Å². The van der Waals surface area contributed by atoms with Crippen LogP contribution in [0, 0.1) is 17.6 Å². The highest BCUT2D eigenvalue weighted by Crippen LogP contribution is 2.38. The molecule has 0 aliphatic carbocycles. The zero-order valence-corrected chi connectivity index (χ0v) is 27.6. The zero-order chi connectivity index (χ0) is 32.9. The van der Waals surface area contributed by atoms with Crippen molar-refractivity contribution in [3.8, 4) is 0 Å². The van der Waals surface area contributed by atoms with Crippen LogP contribution in [0.5, 0.6) is 0 Å². The number of piperidine rings is 1. The van der Waals surface area contributed by atoms with Crippen molar-refractivity contribution in [2.24, 2.45) is 5.92 Å². The lowest BCUT2D eigenvalue weighted by atomic mass is 9.81. The molecule has 3 amide bonds. The summed E-state index contributed by atoms with van der Waals surface area (Å²) in [5.74, 6) is -0.990. The number of urea groups is 1. The first-order chi connectivity index (χ1) is 21.6. The van der Waals surface area contributed by atoms with Gasteiger partial charge in [-0.15, -0.1) is 0 Å². The molecule has 3 aliphatic heterocycles. The Bertz CT molecular complexity index is 1460. The maximum Gasteiger partial charge on any atom is 0.322 e. The largest absolute Gasteiger partial charge is 0.490 e. The maximum absolute atomic E-state index is 15.3. The molecule has 0 saturated carbocycles. The first-order valence-electron chi connectivity index (χ1n) is 16.4. The van der Waals surface area contributed by atoms with Gasteiger partial charge in [0.2, 0.25) is 0 Å².